The second-order valence-electron chi connectivity index (χ2n) is 12.9. The first kappa shape index (κ1) is 24.9. The molecular weight excluding hydrogens is 464 g/mol. The molecule has 2 heteroatoms. The predicted octanol–water partition coefficient (Wildman–Crippen LogP) is 8.09. The van der Waals surface area contributed by atoms with Gasteiger partial charge in [0.15, 0.2) is 0 Å². The zero-order chi connectivity index (χ0) is 25.3. The normalized spacial score (nSPS) is 47.2. The lowest BCUT2D eigenvalue weighted by atomic mass is 9.86. The zero-order valence-electron chi connectivity index (χ0n) is 22.6. The number of hydrogen-bond acceptors (Lipinski definition) is 2. The molecule has 11 rings (SSSR count). The van der Waals surface area contributed by atoms with Crippen molar-refractivity contribution >= 4 is 0 Å². The molecule has 1 saturated heterocycles. The first-order valence-electron chi connectivity index (χ1n) is 15.5. The van der Waals surface area contributed by atoms with Crippen LogP contribution in [0.4, 0.5) is 0 Å². The summed E-state index contributed by atoms with van der Waals surface area (Å²) in [4.78, 5) is 0. The zero-order valence-corrected chi connectivity index (χ0v) is 22.6. The molecule has 4 heterocycles. The van der Waals surface area contributed by atoms with Crippen molar-refractivity contribution in [2.24, 2.45) is 47.3 Å². The van der Waals surface area contributed by atoms with Crippen LogP contribution in [0.3, 0.4) is 0 Å². The summed E-state index contributed by atoms with van der Waals surface area (Å²) in [6.07, 6.45) is 49.0. The van der Waals surface area contributed by atoms with E-state index in [1.54, 1.807) is 0 Å². The van der Waals surface area contributed by atoms with Crippen LogP contribution in [0.15, 0.2) is 97.2 Å². The Morgan fingerprint density at radius 2 is 1.05 bits per heavy atom. The van der Waals surface area contributed by atoms with Gasteiger partial charge in [-0.1, -0.05) is 97.2 Å². The molecule has 0 amide bonds. The SMILES string of the molecule is C1=CC2C3C=CC(C3)C2C1.C1=CC2C=CC1C2.C1=CC2C=CC1O2.C1=CC2CCC1C2.C1=CC2CCC1O2. The molecule has 200 valence electrons. The van der Waals surface area contributed by atoms with Gasteiger partial charge in [0.25, 0.3) is 0 Å². The lowest BCUT2D eigenvalue weighted by Gasteiger charge is -2.18. The molecule has 10 bridgehead atoms. The Bertz CT molecular complexity index is 937. The molecule has 7 aliphatic carbocycles. The fraction of sp³-hybridized carbons (Fsp3) is 0.556. The van der Waals surface area contributed by atoms with Crippen LogP contribution in [-0.2, 0) is 9.47 Å². The molecule has 0 radical (unpaired) electrons. The van der Waals surface area contributed by atoms with E-state index in [0.717, 1.165) is 47.3 Å². The van der Waals surface area contributed by atoms with Crippen molar-refractivity contribution in [2.75, 3.05) is 0 Å². The fourth-order valence-electron chi connectivity index (χ4n) is 8.17. The Morgan fingerprint density at radius 3 is 1.39 bits per heavy atom. The Balaban J connectivity index is 0.0000000803. The Labute approximate surface area is 229 Å². The van der Waals surface area contributed by atoms with Crippen LogP contribution in [-0.4, -0.2) is 24.4 Å². The van der Waals surface area contributed by atoms with Gasteiger partial charge in [0.05, 0.1) is 24.4 Å². The van der Waals surface area contributed by atoms with Gasteiger partial charge in [-0.25, -0.2) is 0 Å². The highest BCUT2D eigenvalue weighted by molar-refractivity contribution is 5.23. The van der Waals surface area contributed by atoms with Gasteiger partial charge in [-0.15, -0.1) is 0 Å². The molecule has 0 spiro atoms. The van der Waals surface area contributed by atoms with Gasteiger partial charge in [0, 0.05) is 0 Å². The number of fused-ring (bicyclic) bond motifs is 13. The van der Waals surface area contributed by atoms with E-state index < -0.39 is 0 Å². The van der Waals surface area contributed by atoms with Crippen LogP contribution in [0.2, 0.25) is 0 Å². The largest absolute Gasteiger partial charge is 0.367 e. The highest BCUT2D eigenvalue weighted by atomic mass is 16.5. The summed E-state index contributed by atoms with van der Waals surface area (Å²) in [7, 11) is 0. The highest BCUT2D eigenvalue weighted by Crippen LogP contribution is 2.52. The van der Waals surface area contributed by atoms with E-state index in [4.69, 9.17) is 9.47 Å². The van der Waals surface area contributed by atoms with E-state index in [0.29, 0.717) is 24.4 Å². The van der Waals surface area contributed by atoms with E-state index in [-0.39, 0.29) is 0 Å². The van der Waals surface area contributed by atoms with Crippen LogP contribution in [0.5, 0.6) is 0 Å². The topological polar surface area (TPSA) is 18.5 Å². The van der Waals surface area contributed by atoms with Crippen molar-refractivity contribution in [1.29, 1.82) is 0 Å². The molecule has 0 aromatic rings. The van der Waals surface area contributed by atoms with Crippen LogP contribution in [0.1, 0.15) is 51.4 Å². The first-order valence-corrected chi connectivity index (χ1v) is 15.5. The van der Waals surface area contributed by atoms with Gasteiger partial charge >= 0.3 is 0 Å². The van der Waals surface area contributed by atoms with E-state index in [1.807, 2.05) is 0 Å². The smallest absolute Gasteiger partial charge is 0.0952 e. The third kappa shape index (κ3) is 5.58. The average molecular weight is 509 g/mol. The van der Waals surface area contributed by atoms with Crippen molar-refractivity contribution in [3.8, 4) is 0 Å². The van der Waals surface area contributed by atoms with Crippen molar-refractivity contribution in [3.05, 3.63) is 97.2 Å². The molecular formula is C36H44O2. The summed E-state index contributed by atoms with van der Waals surface area (Å²) < 4.78 is 10.6. The van der Waals surface area contributed by atoms with Crippen LogP contribution < -0.4 is 0 Å². The minimum atomic E-state index is 0.310. The van der Waals surface area contributed by atoms with E-state index in [2.05, 4.69) is 97.2 Å². The number of ether oxygens (including phenoxy) is 2. The molecule has 4 aliphatic heterocycles. The molecule has 38 heavy (non-hydrogen) atoms. The maximum absolute atomic E-state index is 5.36. The van der Waals surface area contributed by atoms with Crippen LogP contribution >= 0.6 is 0 Å². The van der Waals surface area contributed by atoms with Gasteiger partial charge < -0.3 is 9.47 Å². The third-order valence-corrected chi connectivity index (χ3v) is 10.3. The molecule has 3 fully saturated rings. The molecule has 2 nitrogen and oxygen atoms in total. The molecule has 11 aliphatic rings. The average Bonchev–Trinajstić information content (AvgIpc) is 3.85. The quantitative estimate of drug-likeness (QED) is 0.308. The summed E-state index contributed by atoms with van der Waals surface area (Å²) >= 11 is 0. The second kappa shape index (κ2) is 11.1. The molecule has 0 aromatic heterocycles. The lowest BCUT2D eigenvalue weighted by molar-refractivity contribution is 0.120. The Kier molecular flexibility index (Phi) is 7.29. The predicted molar refractivity (Wildman–Crippen MR) is 155 cm³/mol. The number of hydrogen-bond donors (Lipinski definition) is 0. The van der Waals surface area contributed by atoms with Gasteiger partial charge in [-0.3, -0.25) is 0 Å². The lowest BCUT2D eigenvalue weighted by Crippen LogP contribution is -2.12. The Hall–Kier alpha value is -2.16. The minimum Gasteiger partial charge on any atom is -0.367 e. The summed E-state index contributed by atoms with van der Waals surface area (Å²) in [6.45, 7) is 0. The van der Waals surface area contributed by atoms with E-state index in [9.17, 15) is 0 Å². The maximum Gasteiger partial charge on any atom is 0.0952 e. The van der Waals surface area contributed by atoms with E-state index >= 15 is 0 Å². The van der Waals surface area contributed by atoms with Gasteiger partial charge in [0.1, 0.15) is 0 Å². The van der Waals surface area contributed by atoms with Crippen molar-refractivity contribution in [2.45, 2.75) is 75.8 Å². The second-order valence-corrected chi connectivity index (χ2v) is 12.9. The van der Waals surface area contributed by atoms with Crippen LogP contribution in [0.25, 0.3) is 0 Å². The van der Waals surface area contributed by atoms with Gasteiger partial charge in [-0.2, -0.15) is 0 Å². The Morgan fingerprint density at radius 1 is 0.447 bits per heavy atom. The summed E-state index contributed by atoms with van der Waals surface area (Å²) in [5, 5.41) is 0. The maximum atomic E-state index is 5.36. The van der Waals surface area contributed by atoms with Crippen molar-refractivity contribution < 1.29 is 9.47 Å². The molecule has 0 N–H and O–H groups in total. The highest BCUT2D eigenvalue weighted by Gasteiger charge is 2.44. The van der Waals surface area contributed by atoms with Crippen molar-refractivity contribution in [1.82, 2.24) is 0 Å². The number of rotatable bonds is 0. The van der Waals surface area contributed by atoms with Gasteiger partial charge in [-0.05, 0) is 98.7 Å². The van der Waals surface area contributed by atoms with Gasteiger partial charge in [0.2, 0.25) is 0 Å². The summed E-state index contributed by atoms with van der Waals surface area (Å²) in [6, 6.07) is 0. The van der Waals surface area contributed by atoms with Crippen LogP contribution in [0, 0.1) is 47.3 Å². The monoisotopic (exact) mass is 508 g/mol. The first-order chi connectivity index (χ1) is 18.7. The minimum absolute atomic E-state index is 0.310. The molecule has 2 saturated carbocycles. The molecule has 8 atom stereocenters. The van der Waals surface area contributed by atoms with Crippen molar-refractivity contribution in [3.63, 3.8) is 0 Å². The standard InChI is InChI=1S/C10H12.C7H10.C7H8.C6H8O.C6H6O/c1-2-9-7-4-5-8(6-7)10(9)3-1;2*1-2-7-4-3-6(1)5-7;2*1-2-6-4-3-5(1)7-6/h1-2,4-5,7-10H,3,6H2;1-2,6-7H,3-5H2;1-4,6-7H,5H2;1-2,5-6H,3-4H2;1-6H. The third-order valence-electron chi connectivity index (χ3n) is 10.3. The molecule has 0 aromatic carbocycles. The summed E-state index contributed by atoms with van der Waals surface area (Å²) in [5.41, 5.74) is 0. The molecule has 8 unspecified atom stereocenters. The van der Waals surface area contributed by atoms with E-state index in [1.165, 1.54) is 51.4 Å². The number of allylic oxidation sites excluding steroid dienone is 10. The summed E-state index contributed by atoms with van der Waals surface area (Å²) in [5.74, 6) is 7.42. The fourth-order valence-corrected chi connectivity index (χ4v) is 8.17.